The van der Waals surface area contributed by atoms with Gasteiger partial charge in [0.05, 0.1) is 18.9 Å². The van der Waals surface area contributed by atoms with E-state index in [1.807, 2.05) is 5.32 Å². The zero-order valence-electron chi connectivity index (χ0n) is 19.7. The van der Waals surface area contributed by atoms with Crippen LogP contribution >= 0.6 is 0 Å². The normalized spacial score (nSPS) is 13.6. The zero-order valence-corrected chi connectivity index (χ0v) is 19.7. The summed E-state index contributed by atoms with van der Waals surface area (Å²) in [5.74, 6) is -8.77. The Labute approximate surface area is 210 Å². The molecule has 0 spiro atoms. The number of nitrogens with one attached hydrogen (secondary N) is 3. The van der Waals surface area contributed by atoms with Crippen molar-refractivity contribution in [3.8, 4) is 0 Å². The number of rotatable bonds is 18. The molecule has 208 valence electrons. The van der Waals surface area contributed by atoms with Gasteiger partial charge >= 0.3 is 17.9 Å². The third-order valence-electron chi connectivity index (χ3n) is 4.62. The maximum absolute atomic E-state index is 12.9. The number of nitrogens with zero attached hydrogens (tertiary/aromatic N) is 1. The molecule has 37 heavy (non-hydrogen) atoms. The lowest BCUT2D eigenvalue weighted by atomic mass is 10.1. The highest BCUT2D eigenvalue weighted by molar-refractivity contribution is 5.96. The average molecular weight is 533 g/mol. The Morgan fingerprint density at radius 3 is 1.70 bits per heavy atom. The first-order chi connectivity index (χ1) is 17.1. The summed E-state index contributed by atoms with van der Waals surface area (Å²) in [6, 6.07) is -6.34. The second-order valence-corrected chi connectivity index (χ2v) is 7.78. The topological polar surface area (TPSA) is 333 Å². The molecule has 0 aliphatic carbocycles. The number of amides is 4. The highest BCUT2D eigenvalue weighted by atomic mass is 16.4. The number of hydrogen-bond acceptors (Lipinski definition) is 9. The van der Waals surface area contributed by atoms with Crippen molar-refractivity contribution in [1.82, 2.24) is 16.0 Å². The van der Waals surface area contributed by atoms with Gasteiger partial charge in [-0.2, -0.15) is 0 Å². The molecule has 14 N–H and O–H groups in total. The zero-order chi connectivity index (χ0) is 28.7. The van der Waals surface area contributed by atoms with Crippen LogP contribution in [-0.2, 0) is 33.6 Å². The van der Waals surface area contributed by atoms with Gasteiger partial charge in [0.15, 0.2) is 5.96 Å². The fraction of sp³-hybridized carbons (Fsp3) is 0.579. The van der Waals surface area contributed by atoms with Crippen molar-refractivity contribution in [3.63, 3.8) is 0 Å². The summed E-state index contributed by atoms with van der Waals surface area (Å²) in [5.41, 5.74) is 20.9. The summed E-state index contributed by atoms with van der Waals surface area (Å²) in [7, 11) is 0. The molecular formula is C19H32N8O10. The lowest BCUT2D eigenvalue weighted by Crippen LogP contribution is -2.57. The largest absolute Gasteiger partial charge is 0.481 e. The fourth-order valence-electron chi connectivity index (χ4n) is 2.80. The lowest BCUT2D eigenvalue weighted by molar-refractivity contribution is -0.143. The highest BCUT2D eigenvalue weighted by Gasteiger charge is 2.31. The Hall–Kier alpha value is -4.48. The average Bonchev–Trinajstić information content (AvgIpc) is 2.76. The number of carbonyl (C=O) groups is 7. The van der Waals surface area contributed by atoms with E-state index in [-0.39, 0.29) is 25.3 Å². The Kier molecular flexibility index (Phi) is 14.3. The quantitative estimate of drug-likeness (QED) is 0.0450. The number of carbonyl (C=O) groups excluding carboxylic acids is 4. The minimum Gasteiger partial charge on any atom is -0.481 e. The van der Waals surface area contributed by atoms with Gasteiger partial charge in [-0.15, -0.1) is 0 Å². The van der Waals surface area contributed by atoms with E-state index < -0.39 is 91.4 Å². The van der Waals surface area contributed by atoms with Crippen molar-refractivity contribution in [2.45, 2.75) is 62.7 Å². The highest BCUT2D eigenvalue weighted by Crippen LogP contribution is 2.05. The van der Waals surface area contributed by atoms with Crippen molar-refractivity contribution < 1.29 is 48.9 Å². The van der Waals surface area contributed by atoms with Crippen LogP contribution in [0.3, 0.4) is 0 Å². The van der Waals surface area contributed by atoms with Crippen LogP contribution in [0, 0.1) is 0 Å². The number of aliphatic carboxylic acids is 3. The number of guanidine groups is 1. The smallest absolute Gasteiger partial charge is 0.326 e. The molecule has 0 aromatic heterocycles. The van der Waals surface area contributed by atoms with Crippen LogP contribution in [-0.4, -0.2) is 93.5 Å². The summed E-state index contributed by atoms with van der Waals surface area (Å²) < 4.78 is 0. The molecule has 4 unspecified atom stereocenters. The molecule has 4 atom stereocenters. The molecule has 0 saturated heterocycles. The first-order valence-corrected chi connectivity index (χ1v) is 10.8. The van der Waals surface area contributed by atoms with E-state index >= 15 is 0 Å². The Balaban J connectivity index is 5.66. The molecule has 0 heterocycles. The second-order valence-electron chi connectivity index (χ2n) is 7.78. The maximum atomic E-state index is 12.9. The minimum absolute atomic E-state index is 0.0301. The van der Waals surface area contributed by atoms with Gasteiger partial charge in [0.25, 0.3) is 0 Å². The van der Waals surface area contributed by atoms with E-state index in [4.69, 9.17) is 33.1 Å². The van der Waals surface area contributed by atoms with Gasteiger partial charge in [0.2, 0.25) is 23.6 Å². The van der Waals surface area contributed by atoms with Gasteiger partial charge in [0.1, 0.15) is 18.1 Å². The van der Waals surface area contributed by atoms with E-state index in [2.05, 4.69) is 15.6 Å². The molecule has 0 aromatic carbocycles. The van der Waals surface area contributed by atoms with Crippen molar-refractivity contribution in [2.24, 2.45) is 27.9 Å². The van der Waals surface area contributed by atoms with Gasteiger partial charge in [-0.1, -0.05) is 0 Å². The molecule has 4 amide bonds. The fourth-order valence-corrected chi connectivity index (χ4v) is 2.80. The molecule has 0 aromatic rings. The van der Waals surface area contributed by atoms with Crippen molar-refractivity contribution in [3.05, 3.63) is 0 Å². The minimum atomic E-state index is -1.79. The van der Waals surface area contributed by atoms with Crippen LogP contribution in [0.5, 0.6) is 0 Å². The predicted octanol–water partition coefficient (Wildman–Crippen LogP) is -4.88. The van der Waals surface area contributed by atoms with Crippen LogP contribution in [0.4, 0.5) is 0 Å². The Morgan fingerprint density at radius 2 is 1.22 bits per heavy atom. The lowest BCUT2D eigenvalue weighted by Gasteiger charge is -2.24. The van der Waals surface area contributed by atoms with Crippen LogP contribution < -0.4 is 38.9 Å². The molecule has 18 heteroatoms. The van der Waals surface area contributed by atoms with Crippen molar-refractivity contribution >= 4 is 47.5 Å². The number of carboxylic acids is 3. The first kappa shape index (κ1) is 32.5. The van der Waals surface area contributed by atoms with Gasteiger partial charge in [-0.25, -0.2) is 4.79 Å². The van der Waals surface area contributed by atoms with E-state index in [9.17, 15) is 38.7 Å². The molecule has 0 saturated carbocycles. The van der Waals surface area contributed by atoms with E-state index in [1.165, 1.54) is 0 Å². The molecule has 0 radical (unpaired) electrons. The molecule has 0 aliphatic rings. The molecule has 0 aliphatic heterocycles. The molecule has 0 rings (SSSR count). The summed E-state index contributed by atoms with van der Waals surface area (Å²) in [4.78, 5) is 85.8. The number of nitrogens with two attached hydrogens (primary N) is 4. The maximum Gasteiger partial charge on any atom is 0.326 e. The summed E-state index contributed by atoms with van der Waals surface area (Å²) in [5, 5.41) is 33.6. The van der Waals surface area contributed by atoms with E-state index in [1.54, 1.807) is 0 Å². The van der Waals surface area contributed by atoms with Crippen LogP contribution in [0.2, 0.25) is 0 Å². The molecular weight excluding hydrogens is 500 g/mol. The van der Waals surface area contributed by atoms with Crippen LogP contribution in [0.15, 0.2) is 4.99 Å². The Morgan fingerprint density at radius 1 is 0.703 bits per heavy atom. The number of carboxylic acid groups (broad SMARTS) is 3. The standard InChI is InChI=1S/C19H32N8O10/c20-8(6-13(29)30)15(33)25-9(2-1-5-24-19(22)23)16(34)27-11(7-14(31)32)17(35)26-10(18(36)37)3-4-12(21)28/h8-11H,1-7,20H2,(H2,21,28)(H,25,33)(H,26,35)(H,27,34)(H,29,30)(H,31,32)(H,36,37)(H4,22,23,24). The summed E-state index contributed by atoms with van der Waals surface area (Å²) in [6.07, 6.45) is -2.52. The SMILES string of the molecule is NC(=O)CCC(NC(=O)C(CC(=O)O)NC(=O)C(CCCN=C(N)N)NC(=O)C(N)CC(=O)O)C(=O)O. The van der Waals surface area contributed by atoms with E-state index in [0.717, 1.165) is 0 Å². The summed E-state index contributed by atoms with van der Waals surface area (Å²) >= 11 is 0. The van der Waals surface area contributed by atoms with E-state index in [0.29, 0.717) is 0 Å². The van der Waals surface area contributed by atoms with Crippen LogP contribution in [0.25, 0.3) is 0 Å². The molecule has 18 nitrogen and oxygen atoms in total. The Bertz CT molecular complexity index is 905. The van der Waals surface area contributed by atoms with Gasteiger partial charge < -0.3 is 54.2 Å². The number of primary amides is 1. The van der Waals surface area contributed by atoms with Crippen molar-refractivity contribution in [2.75, 3.05) is 6.54 Å². The summed E-state index contributed by atoms with van der Waals surface area (Å²) in [6.45, 7) is 0.0301. The third-order valence-corrected chi connectivity index (χ3v) is 4.62. The van der Waals surface area contributed by atoms with Crippen LogP contribution in [0.1, 0.15) is 38.5 Å². The predicted molar refractivity (Wildman–Crippen MR) is 124 cm³/mol. The molecule has 0 bridgehead atoms. The number of hydrogen-bond donors (Lipinski definition) is 10. The third kappa shape index (κ3) is 14.5. The van der Waals surface area contributed by atoms with Crippen molar-refractivity contribution in [1.29, 1.82) is 0 Å². The van der Waals surface area contributed by atoms with Gasteiger partial charge in [-0.3, -0.25) is 33.8 Å². The van der Waals surface area contributed by atoms with Gasteiger partial charge in [-0.05, 0) is 19.3 Å². The molecule has 0 fully saturated rings. The first-order valence-electron chi connectivity index (χ1n) is 10.8. The van der Waals surface area contributed by atoms with Gasteiger partial charge in [0, 0.05) is 13.0 Å². The second kappa shape index (κ2) is 16.2. The number of aliphatic imine (C=N–C) groups is 1. The monoisotopic (exact) mass is 532 g/mol.